The monoisotopic (exact) mass is 468 g/mol. The lowest BCUT2D eigenvalue weighted by Gasteiger charge is -2.27. The number of ether oxygens (including phenoxy) is 1. The first-order valence-corrected chi connectivity index (χ1v) is 11.6. The number of rotatable bonds is 7. The van der Waals surface area contributed by atoms with Crippen molar-refractivity contribution in [2.24, 2.45) is 5.10 Å². The average Bonchev–Trinajstić information content (AvgIpc) is 2.90. The average molecular weight is 469 g/mol. The van der Waals surface area contributed by atoms with E-state index in [1.54, 1.807) is 6.21 Å². The Morgan fingerprint density at radius 1 is 0.886 bits per heavy atom. The van der Waals surface area contributed by atoms with Crippen molar-refractivity contribution in [3.05, 3.63) is 72.3 Å². The number of nitrogens with zero attached hydrogens (tertiary/aromatic N) is 6. The molecule has 3 aromatic carbocycles. The zero-order valence-electron chi connectivity index (χ0n) is 19.8. The molecule has 0 spiro atoms. The van der Waals surface area contributed by atoms with E-state index in [2.05, 4.69) is 53.8 Å². The van der Waals surface area contributed by atoms with Gasteiger partial charge in [0.2, 0.25) is 17.8 Å². The predicted molar refractivity (Wildman–Crippen MR) is 142 cm³/mol. The van der Waals surface area contributed by atoms with Gasteiger partial charge in [-0.3, -0.25) is 0 Å². The van der Waals surface area contributed by atoms with E-state index in [0.29, 0.717) is 31.1 Å². The summed E-state index contributed by atoms with van der Waals surface area (Å²) in [6.45, 7) is 2.72. The Morgan fingerprint density at radius 2 is 1.63 bits per heavy atom. The van der Waals surface area contributed by atoms with Gasteiger partial charge in [0.15, 0.2) is 0 Å². The SMILES string of the molecule is CN(C)c1ccc(/C=N\Nc2nc(Nc3cccc4ccccc34)nc(N3CCOCC3)n2)cc1. The molecule has 1 saturated heterocycles. The van der Waals surface area contributed by atoms with Gasteiger partial charge in [-0.15, -0.1) is 0 Å². The molecular weight excluding hydrogens is 440 g/mol. The lowest BCUT2D eigenvalue weighted by Crippen LogP contribution is -2.37. The van der Waals surface area contributed by atoms with Crippen molar-refractivity contribution >= 4 is 46.2 Å². The number of aromatic nitrogens is 3. The number of nitrogens with one attached hydrogen (secondary N) is 2. The van der Waals surface area contributed by atoms with Crippen LogP contribution in [-0.2, 0) is 4.74 Å². The van der Waals surface area contributed by atoms with Crippen molar-refractivity contribution in [2.45, 2.75) is 0 Å². The molecule has 35 heavy (non-hydrogen) atoms. The van der Waals surface area contributed by atoms with Crippen LogP contribution in [0.3, 0.4) is 0 Å². The summed E-state index contributed by atoms with van der Waals surface area (Å²) in [6, 6.07) is 22.4. The molecule has 1 aromatic heterocycles. The maximum atomic E-state index is 5.49. The topological polar surface area (TPSA) is 90.8 Å². The number of fused-ring (bicyclic) bond motifs is 1. The molecule has 1 fully saturated rings. The third kappa shape index (κ3) is 5.47. The highest BCUT2D eigenvalue weighted by Gasteiger charge is 2.17. The van der Waals surface area contributed by atoms with Crippen LogP contribution in [0.25, 0.3) is 10.8 Å². The fourth-order valence-corrected chi connectivity index (χ4v) is 3.85. The molecule has 9 heteroatoms. The van der Waals surface area contributed by atoms with Crippen molar-refractivity contribution < 1.29 is 4.74 Å². The lowest BCUT2D eigenvalue weighted by molar-refractivity contribution is 0.122. The van der Waals surface area contributed by atoms with Crippen molar-refractivity contribution in [1.82, 2.24) is 15.0 Å². The van der Waals surface area contributed by atoms with Gasteiger partial charge in [-0.1, -0.05) is 48.5 Å². The molecular formula is C26H28N8O. The number of hydrogen-bond acceptors (Lipinski definition) is 9. The Morgan fingerprint density at radius 3 is 2.43 bits per heavy atom. The predicted octanol–water partition coefficient (Wildman–Crippen LogP) is 4.12. The van der Waals surface area contributed by atoms with Gasteiger partial charge in [-0.25, -0.2) is 5.43 Å². The molecule has 0 radical (unpaired) electrons. The lowest BCUT2D eigenvalue weighted by atomic mass is 10.1. The van der Waals surface area contributed by atoms with Crippen molar-refractivity contribution in [2.75, 3.05) is 60.9 Å². The second kappa shape index (κ2) is 10.4. The Bertz CT molecular complexity index is 1310. The molecule has 0 aliphatic carbocycles. The number of anilines is 5. The summed E-state index contributed by atoms with van der Waals surface area (Å²) >= 11 is 0. The highest BCUT2D eigenvalue weighted by molar-refractivity contribution is 5.95. The highest BCUT2D eigenvalue weighted by atomic mass is 16.5. The molecule has 0 amide bonds. The van der Waals surface area contributed by atoms with Gasteiger partial charge in [0, 0.05) is 43.9 Å². The summed E-state index contributed by atoms with van der Waals surface area (Å²) in [6.07, 6.45) is 1.75. The van der Waals surface area contributed by atoms with E-state index in [1.807, 2.05) is 62.6 Å². The van der Waals surface area contributed by atoms with E-state index >= 15 is 0 Å². The molecule has 4 aromatic rings. The maximum absolute atomic E-state index is 5.49. The van der Waals surface area contributed by atoms with Gasteiger partial charge >= 0.3 is 0 Å². The standard InChI is InChI=1S/C26H28N8O/c1-33(2)21-12-10-19(11-13-21)18-27-32-25-29-24(30-26(31-25)34-14-16-35-17-15-34)28-23-9-5-7-20-6-3-4-8-22(20)23/h3-13,18H,14-17H2,1-2H3,(H2,28,29,30,31,32)/b27-18-. The van der Waals surface area contributed by atoms with E-state index in [9.17, 15) is 0 Å². The fourth-order valence-electron chi connectivity index (χ4n) is 3.85. The van der Waals surface area contributed by atoms with Crippen LogP contribution in [0.1, 0.15) is 5.56 Å². The summed E-state index contributed by atoms with van der Waals surface area (Å²) in [5.41, 5.74) is 6.00. The Balaban J connectivity index is 1.41. The van der Waals surface area contributed by atoms with E-state index < -0.39 is 0 Å². The van der Waals surface area contributed by atoms with Crippen molar-refractivity contribution in [3.63, 3.8) is 0 Å². The molecule has 2 N–H and O–H groups in total. The van der Waals surface area contributed by atoms with Crippen LogP contribution in [-0.4, -0.2) is 61.6 Å². The Kier molecular flexibility index (Phi) is 6.67. The molecule has 1 aliphatic heterocycles. The molecule has 0 atom stereocenters. The zero-order chi connectivity index (χ0) is 24.0. The first-order valence-electron chi connectivity index (χ1n) is 11.6. The molecule has 0 saturated carbocycles. The molecule has 178 valence electrons. The minimum absolute atomic E-state index is 0.366. The van der Waals surface area contributed by atoms with Crippen LogP contribution < -0.4 is 20.5 Å². The summed E-state index contributed by atoms with van der Waals surface area (Å²) in [5, 5.41) is 9.97. The minimum atomic E-state index is 0.366. The number of hydrazone groups is 1. The third-order valence-electron chi connectivity index (χ3n) is 5.74. The molecule has 0 unspecified atom stereocenters. The van der Waals surface area contributed by atoms with Gasteiger partial charge in [-0.05, 0) is 29.1 Å². The Hall–Kier alpha value is -4.24. The fraction of sp³-hybridized carbons (Fsp3) is 0.231. The van der Waals surface area contributed by atoms with E-state index in [4.69, 9.17) is 9.72 Å². The largest absolute Gasteiger partial charge is 0.378 e. The molecule has 2 heterocycles. The summed E-state index contributed by atoms with van der Waals surface area (Å²) in [4.78, 5) is 18.0. The van der Waals surface area contributed by atoms with Gasteiger partial charge in [-0.2, -0.15) is 20.1 Å². The van der Waals surface area contributed by atoms with E-state index in [-0.39, 0.29) is 0 Å². The van der Waals surface area contributed by atoms with Gasteiger partial charge in [0.25, 0.3) is 0 Å². The highest BCUT2D eigenvalue weighted by Crippen LogP contribution is 2.26. The van der Waals surface area contributed by atoms with Crippen LogP contribution >= 0.6 is 0 Å². The van der Waals surface area contributed by atoms with E-state index in [1.165, 1.54) is 0 Å². The van der Waals surface area contributed by atoms with Crippen LogP contribution in [0.2, 0.25) is 0 Å². The number of morpholine rings is 1. The van der Waals surface area contributed by atoms with Crippen molar-refractivity contribution in [3.8, 4) is 0 Å². The Labute approximate surface area is 204 Å². The van der Waals surface area contributed by atoms with E-state index in [0.717, 1.165) is 40.8 Å². The van der Waals surface area contributed by atoms with Gasteiger partial charge < -0.3 is 19.9 Å². The molecule has 0 bridgehead atoms. The smallest absolute Gasteiger partial charge is 0.250 e. The van der Waals surface area contributed by atoms with Crippen LogP contribution in [0.4, 0.5) is 29.2 Å². The second-order valence-electron chi connectivity index (χ2n) is 8.39. The third-order valence-corrected chi connectivity index (χ3v) is 5.74. The minimum Gasteiger partial charge on any atom is -0.378 e. The van der Waals surface area contributed by atoms with Gasteiger partial charge in [0.05, 0.1) is 19.4 Å². The van der Waals surface area contributed by atoms with Crippen LogP contribution in [0, 0.1) is 0 Å². The van der Waals surface area contributed by atoms with Crippen molar-refractivity contribution in [1.29, 1.82) is 0 Å². The number of hydrogen-bond donors (Lipinski definition) is 2. The maximum Gasteiger partial charge on any atom is 0.250 e. The normalized spacial score (nSPS) is 13.8. The molecule has 9 nitrogen and oxygen atoms in total. The summed E-state index contributed by atoms with van der Waals surface area (Å²) < 4.78 is 5.49. The van der Waals surface area contributed by atoms with Crippen LogP contribution in [0.5, 0.6) is 0 Å². The zero-order valence-corrected chi connectivity index (χ0v) is 19.8. The quantitative estimate of drug-likeness (QED) is 0.309. The summed E-state index contributed by atoms with van der Waals surface area (Å²) in [7, 11) is 4.03. The van der Waals surface area contributed by atoms with Crippen LogP contribution in [0.15, 0.2) is 71.8 Å². The second-order valence-corrected chi connectivity index (χ2v) is 8.39. The molecule has 5 rings (SSSR count). The van der Waals surface area contributed by atoms with Gasteiger partial charge in [0.1, 0.15) is 0 Å². The summed E-state index contributed by atoms with van der Waals surface area (Å²) in [5.74, 6) is 1.40. The number of benzene rings is 3. The first-order chi connectivity index (χ1) is 17.2. The molecule has 1 aliphatic rings. The first kappa shape index (κ1) is 22.5.